The molecule has 0 amide bonds. The Bertz CT molecular complexity index is 517. The lowest BCUT2D eigenvalue weighted by Crippen LogP contribution is -1.98. The molecule has 0 unspecified atom stereocenters. The summed E-state index contributed by atoms with van der Waals surface area (Å²) in [7, 11) is 0. The molecule has 0 saturated carbocycles. The molecular weight excluding hydrogens is 188 g/mol. The van der Waals surface area contributed by atoms with Gasteiger partial charge in [-0.15, -0.1) is 5.10 Å². The highest BCUT2D eigenvalue weighted by atomic mass is 15.4. The Morgan fingerprint density at radius 3 is 2.33 bits per heavy atom. The predicted octanol–water partition coefficient (Wildman–Crippen LogP) is 1.76. The van der Waals surface area contributed by atoms with E-state index in [1.54, 1.807) is 16.8 Å². The van der Waals surface area contributed by atoms with Gasteiger partial charge in [-0.1, -0.05) is 5.21 Å². The fraction of sp³-hybridized carbons (Fsp3) is 0.182. The summed E-state index contributed by atoms with van der Waals surface area (Å²) in [5.41, 5.74) is 3.50. The van der Waals surface area contributed by atoms with E-state index in [4.69, 9.17) is 5.26 Å². The lowest BCUT2D eigenvalue weighted by molar-refractivity contribution is 0.784. The maximum absolute atomic E-state index is 8.67. The van der Waals surface area contributed by atoms with Crippen LogP contribution in [0.5, 0.6) is 0 Å². The zero-order valence-corrected chi connectivity index (χ0v) is 8.60. The quantitative estimate of drug-likeness (QED) is 0.701. The lowest BCUT2D eigenvalue weighted by atomic mass is 10.2. The van der Waals surface area contributed by atoms with Gasteiger partial charge in [-0.2, -0.15) is 5.26 Å². The zero-order chi connectivity index (χ0) is 10.8. The summed E-state index contributed by atoms with van der Waals surface area (Å²) in [5.74, 6) is 0. The van der Waals surface area contributed by atoms with E-state index in [0.29, 0.717) is 5.56 Å². The minimum atomic E-state index is 0.647. The maximum atomic E-state index is 8.67. The van der Waals surface area contributed by atoms with Crippen LogP contribution in [0.1, 0.15) is 17.0 Å². The van der Waals surface area contributed by atoms with Crippen molar-refractivity contribution in [1.29, 1.82) is 5.26 Å². The van der Waals surface area contributed by atoms with E-state index in [1.807, 2.05) is 26.0 Å². The summed E-state index contributed by atoms with van der Waals surface area (Å²) in [6, 6.07) is 9.34. The third-order valence-corrected chi connectivity index (χ3v) is 2.37. The monoisotopic (exact) mass is 198 g/mol. The largest absolute Gasteiger partial charge is 0.218 e. The third kappa shape index (κ3) is 1.59. The summed E-state index contributed by atoms with van der Waals surface area (Å²) in [4.78, 5) is 0. The Kier molecular flexibility index (Phi) is 2.22. The number of hydrogen-bond acceptors (Lipinski definition) is 3. The van der Waals surface area contributed by atoms with Gasteiger partial charge in [0.2, 0.25) is 0 Å². The molecule has 2 rings (SSSR count). The molecule has 4 nitrogen and oxygen atoms in total. The van der Waals surface area contributed by atoms with Crippen molar-refractivity contribution in [2.75, 3.05) is 0 Å². The van der Waals surface area contributed by atoms with Crippen molar-refractivity contribution in [2.45, 2.75) is 13.8 Å². The lowest BCUT2D eigenvalue weighted by Gasteiger charge is -2.02. The Labute approximate surface area is 87.8 Å². The second kappa shape index (κ2) is 3.54. The highest BCUT2D eigenvalue weighted by Gasteiger charge is 2.05. The van der Waals surface area contributed by atoms with Gasteiger partial charge in [-0.05, 0) is 38.1 Å². The van der Waals surface area contributed by atoms with Gasteiger partial charge in [0.05, 0.1) is 28.7 Å². The second-order valence-electron chi connectivity index (χ2n) is 3.33. The molecule has 0 atom stereocenters. The summed E-state index contributed by atoms with van der Waals surface area (Å²) >= 11 is 0. The van der Waals surface area contributed by atoms with Gasteiger partial charge in [0.1, 0.15) is 0 Å². The van der Waals surface area contributed by atoms with Gasteiger partial charge in [0, 0.05) is 0 Å². The van der Waals surface area contributed by atoms with Crippen LogP contribution in [0.2, 0.25) is 0 Å². The van der Waals surface area contributed by atoms with Crippen LogP contribution in [0.25, 0.3) is 5.69 Å². The number of aryl methyl sites for hydroxylation is 1. The first-order valence-electron chi connectivity index (χ1n) is 4.62. The standard InChI is InChI=1S/C11H10N4/c1-8-9(2)15(14-13-8)11-5-3-10(7-12)4-6-11/h3-6H,1-2H3. The van der Waals surface area contributed by atoms with Crippen molar-refractivity contribution in [1.82, 2.24) is 15.0 Å². The normalized spacial score (nSPS) is 9.93. The molecule has 1 heterocycles. The first-order chi connectivity index (χ1) is 7.22. The van der Waals surface area contributed by atoms with E-state index in [9.17, 15) is 0 Å². The molecule has 0 saturated heterocycles. The SMILES string of the molecule is Cc1nnn(-c2ccc(C#N)cc2)c1C. The van der Waals surface area contributed by atoms with E-state index in [0.717, 1.165) is 17.1 Å². The van der Waals surface area contributed by atoms with E-state index < -0.39 is 0 Å². The molecule has 0 radical (unpaired) electrons. The van der Waals surface area contributed by atoms with Crippen LogP contribution in [-0.4, -0.2) is 15.0 Å². The van der Waals surface area contributed by atoms with E-state index in [2.05, 4.69) is 16.4 Å². The maximum Gasteiger partial charge on any atom is 0.0991 e. The third-order valence-electron chi connectivity index (χ3n) is 2.37. The molecule has 4 heteroatoms. The van der Waals surface area contributed by atoms with Crippen LogP contribution in [0.4, 0.5) is 0 Å². The fourth-order valence-corrected chi connectivity index (χ4v) is 1.33. The number of benzene rings is 1. The van der Waals surface area contributed by atoms with Gasteiger partial charge in [0.25, 0.3) is 0 Å². The van der Waals surface area contributed by atoms with Gasteiger partial charge >= 0.3 is 0 Å². The van der Waals surface area contributed by atoms with E-state index in [1.165, 1.54) is 0 Å². The summed E-state index contributed by atoms with van der Waals surface area (Å²) in [5, 5.41) is 16.7. The Balaban J connectivity index is 2.47. The predicted molar refractivity (Wildman–Crippen MR) is 55.5 cm³/mol. The van der Waals surface area contributed by atoms with Crippen LogP contribution < -0.4 is 0 Å². The first kappa shape index (κ1) is 9.41. The molecule has 2 aromatic rings. The number of rotatable bonds is 1. The van der Waals surface area contributed by atoms with Crippen molar-refractivity contribution < 1.29 is 0 Å². The molecule has 0 aliphatic carbocycles. The zero-order valence-electron chi connectivity index (χ0n) is 8.60. The molecule has 15 heavy (non-hydrogen) atoms. The molecule has 0 N–H and O–H groups in total. The highest BCUT2D eigenvalue weighted by Crippen LogP contribution is 2.11. The summed E-state index contributed by atoms with van der Waals surface area (Å²) < 4.78 is 1.76. The summed E-state index contributed by atoms with van der Waals surface area (Å²) in [6.45, 7) is 3.88. The number of nitriles is 1. The Hall–Kier alpha value is -2.15. The summed E-state index contributed by atoms with van der Waals surface area (Å²) in [6.07, 6.45) is 0. The molecule has 0 bridgehead atoms. The molecule has 0 aliphatic rings. The molecule has 1 aromatic carbocycles. The Morgan fingerprint density at radius 2 is 1.87 bits per heavy atom. The second-order valence-corrected chi connectivity index (χ2v) is 3.33. The molecular formula is C11H10N4. The van der Waals surface area contributed by atoms with Crippen molar-refractivity contribution >= 4 is 0 Å². The molecule has 0 aliphatic heterocycles. The van der Waals surface area contributed by atoms with Crippen LogP contribution in [0.3, 0.4) is 0 Å². The minimum absolute atomic E-state index is 0.647. The van der Waals surface area contributed by atoms with Gasteiger partial charge < -0.3 is 0 Å². The molecule has 0 spiro atoms. The minimum Gasteiger partial charge on any atom is -0.218 e. The van der Waals surface area contributed by atoms with Crippen LogP contribution in [-0.2, 0) is 0 Å². The Morgan fingerprint density at radius 1 is 1.20 bits per heavy atom. The van der Waals surface area contributed by atoms with Crippen LogP contribution in [0.15, 0.2) is 24.3 Å². The first-order valence-corrected chi connectivity index (χ1v) is 4.62. The highest BCUT2D eigenvalue weighted by molar-refractivity contribution is 5.39. The molecule has 1 aromatic heterocycles. The number of hydrogen-bond donors (Lipinski definition) is 0. The van der Waals surface area contributed by atoms with Gasteiger partial charge in [-0.3, -0.25) is 0 Å². The number of aromatic nitrogens is 3. The fourth-order valence-electron chi connectivity index (χ4n) is 1.33. The van der Waals surface area contributed by atoms with Crippen molar-refractivity contribution in [2.24, 2.45) is 0 Å². The topological polar surface area (TPSA) is 54.5 Å². The number of nitrogens with zero attached hydrogens (tertiary/aromatic N) is 4. The smallest absolute Gasteiger partial charge is 0.0991 e. The van der Waals surface area contributed by atoms with Gasteiger partial charge in [-0.25, -0.2) is 4.68 Å². The van der Waals surface area contributed by atoms with Crippen molar-refractivity contribution in [3.05, 3.63) is 41.2 Å². The molecule has 0 fully saturated rings. The van der Waals surface area contributed by atoms with E-state index in [-0.39, 0.29) is 0 Å². The average molecular weight is 198 g/mol. The van der Waals surface area contributed by atoms with E-state index >= 15 is 0 Å². The van der Waals surface area contributed by atoms with Gasteiger partial charge in [0.15, 0.2) is 0 Å². The molecule has 74 valence electrons. The van der Waals surface area contributed by atoms with Crippen LogP contribution >= 0.6 is 0 Å². The van der Waals surface area contributed by atoms with Crippen LogP contribution in [0, 0.1) is 25.2 Å². The van der Waals surface area contributed by atoms with Crippen molar-refractivity contribution in [3.63, 3.8) is 0 Å². The average Bonchev–Trinajstić information content (AvgIpc) is 2.60. The van der Waals surface area contributed by atoms with Crippen molar-refractivity contribution in [3.8, 4) is 11.8 Å².